The van der Waals surface area contributed by atoms with E-state index in [2.05, 4.69) is 5.32 Å². The standard InChI is InChI=1S/C9H17NO.ClH/c11-8-5-2-6-10-9(8)7-3-1-4-7;/h7-11H,1-6H2;1H. The van der Waals surface area contributed by atoms with Gasteiger partial charge in [-0.3, -0.25) is 0 Å². The van der Waals surface area contributed by atoms with Crippen LogP contribution in [-0.2, 0) is 0 Å². The summed E-state index contributed by atoms with van der Waals surface area (Å²) in [5.41, 5.74) is 0. The highest BCUT2D eigenvalue weighted by Crippen LogP contribution is 2.32. The van der Waals surface area contributed by atoms with Gasteiger partial charge in [0.2, 0.25) is 0 Å². The number of rotatable bonds is 1. The molecule has 0 bridgehead atoms. The molecule has 2 aliphatic rings. The molecule has 1 saturated carbocycles. The molecule has 12 heavy (non-hydrogen) atoms. The van der Waals surface area contributed by atoms with E-state index in [-0.39, 0.29) is 18.5 Å². The number of hydrogen-bond acceptors (Lipinski definition) is 2. The van der Waals surface area contributed by atoms with Crippen molar-refractivity contribution in [2.75, 3.05) is 6.54 Å². The topological polar surface area (TPSA) is 32.3 Å². The molecule has 1 aliphatic carbocycles. The van der Waals surface area contributed by atoms with Crippen LogP contribution in [0.1, 0.15) is 32.1 Å². The maximum Gasteiger partial charge on any atom is 0.0696 e. The lowest BCUT2D eigenvalue weighted by molar-refractivity contribution is 0.0452. The molecule has 2 nitrogen and oxygen atoms in total. The van der Waals surface area contributed by atoms with E-state index >= 15 is 0 Å². The van der Waals surface area contributed by atoms with Gasteiger partial charge in [-0.25, -0.2) is 0 Å². The molecule has 1 heterocycles. The van der Waals surface area contributed by atoms with E-state index in [0.717, 1.165) is 25.3 Å². The van der Waals surface area contributed by atoms with Gasteiger partial charge in [0.1, 0.15) is 0 Å². The Bertz CT molecular complexity index is 136. The molecule has 2 atom stereocenters. The summed E-state index contributed by atoms with van der Waals surface area (Å²) in [7, 11) is 0. The molecule has 0 aromatic heterocycles. The average molecular weight is 192 g/mol. The molecular formula is C9H18ClNO. The van der Waals surface area contributed by atoms with Crippen LogP contribution in [0, 0.1) is 5.92 Å². The molecule has 2 N–H and O–H groups in total. The molecule has 0 aromatic rings. The minimum Gasteiger partial charge on any atom is -0.391 e. The highest BCUT2D eigenvalue weighted by atomic mass is 35.5. The third kappa shape index (κ3) is 1.93. The molecule has 2 fully saturated rings. The van der Waals surface area contributed by atoms with E-state index in [1.54, 1.807) is 0 Å². The Morgan fingerprint density at radius 3 is 2.33 bits per heavy atom. The molecule has 0 spiro atoms. The van der Waals surface area contributed by atoms with Crippen LogP contribution in [0.2, 0.25) is 0 Å². The van der Waals surface area contributed by atoms with Crippen LogP contribution in [-0.4, -0.2) is 23.8 Å². The van der Waals surface area contributed by atoms with Crippen LogP contribution >= 0.6 is 12.4 Å². The molecular weight excluding hydrogens is 174 g/mol. The lowest BCUT2D eigenvalue weighted by atomic mass is 9.76. The first-order chi connectivity index (χ1) is 5.38. The summed E-state index contributed by atoms with van der Waals surface area (Å²) >= 11 is 0. The third-order valence-electron chi connectivity index (χ3n) is 3.13. The summed E-state index contributed by atoms with van der Waals surface area (Å²) in [4.78, 5) is 0. The molecule has 0 radical (unpaired) electrons. The highest BCUT2D eigenvalue weighted by molar-refractivity contribution is 5.85. The van der Waals surface area contributed by atoms with E-state index in [1.165, 1.54) is 19.3 Å². The zero-order valence-electron chi connectivity index (χ0n) is 7.33. The first kappa shape index (κ1) is 10.3. The number of hydrogen-bond donors (Lipinski definition) is 2. The van der Waals surface area contributed by atoms with Gasteiger partial charge in [-0.05, 0) is 38.1 Å². The molecule has 0 aromatic carbocycles. The number of halogens is 1. The van der Waals surface area contributed by atoms with Gasteiger partial charge in [-0.15, -0.1) is 12.4 Å². The van der Waals surface area contributed by atoms with E-state index < -0.39 is 0 Å². The first-order valence-corrected chi connectivity index (χ1v) is 4.79. The van der Waals surface area contributed by atoms with E-state index in [0.29, 0.717) is 6.04 Å². The van der Waals surface area contributed by atoms with E-state index in [1.807, 2.05) is 0 Å². The maximum atomic E-state index is 9.64. The van der Waals surface area contributed by atoms with Crippen LogP contribution in [0.4, 0.5) is 0 Å². The largest absolute Gasteiger partial charge is 0.391 e. The van der Waals surface area contributed by atoms with E-state index in [9.17, 15) is 5.11 Å². The second-order valence-electron chi connectivity index (χ2n) is 3.88. The second-order valence-corrected chi connectivity index (χ2v) is 3.88. The van der Waals surface area contributed by atoms with Gasteiger partial charge >= 0.3 is 0 Å². The van der Waals surface area contributed by atoms with Crippen molar-refractivity contribution >= 4 is 12.4 Å². The van der Waals surface area contributed by atoms with Gasteiger partial charge in [0, 0.05) is 6.04 Å². The zero-order valence-corrected chi connectivity index (χ0v) is 8.15. The van der Waals surface area contributed by atoms with Gasteiger partial charge < -0.3 is 10.4 Å². The molecule has 1 aliphatic heterocycles. The summed E-state index contributed by atoms with van der Waals surface area (Å²) in [5, 5.41) is 13.1. The van der Waals surface area contributed by atoms with Gasteiger partial charge in [0.05, 0.1) is 6.10 Å². The summed E-state index contributed by atoms with van der Waals surface area (Å²) in [6.07, 6.45) is 6.12. The van der Waals surface area contributed by atoms with E-state index in [4.69, 9.17) is 0 Å². The van der Waals surface area contributed by atoms with Gasteiger partial charge in [0.15, 0.2) is 0 Å². The second kappa shape index (κ2) is 4.45. The molecule has 0 amide bonds. The molecule has 72 valence electrons. The fourth-order valence-corrected chi connectivity index (χ4v) is 2.18. The van der Waals surface area contributed by atoms with Gasteiger partial charge in [0.25, 0.3) is 0 Å². The Labute approximate surface area is 80.1 Å². The monoisotopic (exact) mass is 191 g/mol. The fourth-order valence-electron chi connectivity index (χ4n) is 2.18. The lowest BCUT2D eigenvalue weighted by Crippen LogP contribution is -2.51. The average Bonchev–Trinajstić information content (AvgIpc) is 1.90. The predicted octanol–water partition coefficient (Wildman–Crippen LogP) is 1.32. The quantitative estimate of drug-likeness (QED) is 0.656. The molecule has 2 rings (SSSR count). The smallest absolute Gasteiger partial charge is 0.0696 e. The van der Waals surface area contributed by atoms with Gasteiger partial charge in [-0.2, -0.15) is 0 Å². The van der Waals surface area contributed by atoms with Crippen LogP contribution in [0.3, 0.4) is 0 Å². The Hall–Kier alpha value is 0.210. The minimum atomic E-state index is -0.0611. The van der Waals surface area contributed by atoms with Crippen molar-refractivity contribution in [3.8, 4) is 0 Å². The predicted molar refractivity (Wildman–Crippen MR) is 51.6 cm³/mol. The number of nitrogens with one attached hydrogen (secondary N) is 1. The summed E-state index contributed by atoms with van der Waals surface area (Å²) in [6.45, 7) is 1.11. The molecule has 3 heteroatoms. The Morgan fingerprint density at radius 2 is 1.83 bits per heavy atom. The van der Waals surface area contributed by atoms with Gasteiger partial charge in [-0.1, -0.05) is 6.42 Å². The zero-order chi connectivity index (χ0) is 7.68. The Morgan fingerprint density at radius 1 is 1.08 bits per heavy atom. The summed E-state index contributed by atoms with van der Waals surface area (Å²) in [5.74, 6) is 0.783. The van der Waals surface area contributed by atoms with Crippen molar-refractivity contribution in [1.29, 1.82) is 0 Å². The number of piperidine rings is 1. The highest BCUT2D eigenvalue weighted by Gasteiger charge is 2.33. The molecule has 1 saturated heterocycles. The van der Waals surface area contributed by atoms with Crippen molar-refractivity contribution in [2.24, 2.45) is 5.92 Å². The first-order valence-electron chi connectivity index (χ1n) is 4.79. The lowest BCUT2D eigenvalue weighted by Gasteiger charge is -2.39. The normalized spacial score (nSPS) is 36.8. The van der Waals surface area contributed by atoms with Crippen molar-refractivity contribution in [3.05, 3.63) is 0 Å². The third-order valence-corrected chi connectivity index (χ3v) is 3.13. The molecule has 2 unspecified atom stereocenters. The number of aliphatic hydroxyl groups is 1. The van der Waals surface area contributed by atoms with Crippen molar-refractivity contribution in [1.82, 2.24) is 5.32 Å². The summed E-state index contributed by atoms with van der Waals surface area (Å²) in [6, 6.07) is 0.428. The van der Waals surface area contributed by atoms with Crippen LogP contribution in [0.25, 0.3) is 0 Å². The van der Waals surface area contributed by atoms with Crippen LogP contribution < -0.4 is 5.32 Å². The van der Waals surface area contributed by atoms with Crippen molar-refractivity contribution < 1.29 is 5.11 Å². The van der Waals surface area contributed by atoms with Crippen molar-refractivity contribution in [3.63, 3.8) is 0 Å². The van der Waals surface area contributed by atoms with Crippen LogP contribution in [0.15, 0.2) is 0 Å². The number of aliphatic hydroxyl groups excluding tert-OH is 1. The van der Waals surface area contributed by atoms with Crippen LogP contribution in [0.5, 0.6) is 0 Å². The maximum absolute atomic E-state index is 9.64. The fraction of sp³-hybridized carbons (Fsp3) is 1.00. The van der Waals surface area contributed by atoms with Crippen molar-refractivity contribution in [2.45, 2.75) is 44.2 Å². The Kier molecular flexibility index (Phi) is 3.81. The SMILES string of the molecule is Cl.OC1CCCNC1C1CCC1. The Balaban J connectivity index is 0.000000720. The summed E-state index contributed by atoms with van der Waals surface area (Å²) < 4.78 is 0. The minimum absolute atomic E-state index is 0.